The first kappa shape index (κ1) is 22.6. The van der Waals surface area contributed by atoms with Crippen LogP contribution < -0.4 is 5.32 Å². The van der Waals surface area contributed by atoms with Crippen molar-refractivity contribution in [3.63, 3.8) is 0 Å². The lowest BCUT2D eigenvalue weighted by atomic mass is 10.1. The van der Waals surface area contributed by atoms with Crippen molar-refractivity contribution in [1.82, 2.24) is 9.62 Å². The van der Waals surface area contributed by atoms with E-state index in [0.29, 0.717) is 19.6 Å². The third-order valence-electron chi connectivity index (χ3n) is 4.94. The molecule has 0 bridgehead atoms. The van der Waals surface area contributed by atoms with Crippen molar-refractivity contribution in [2.24, 2.45) is 0 Å². The van der Waals surface area contributed by atoms with Gasteiger partial charge in [0.2, 0.25) is 15.9 Å². The molecule has 1 heterocycles. The zero-order chi connectivity index (χ0) is 22.4. The second-order valence-corrected chi connectivity index (χ2v) is 9.18. The summed E-state index contributed by atoms with van der Waals surface area (Å²) in [4.78, 5) is 35.6. The molecule has 8 nitrogen and oxygen atoms in total. The van der Waals surface area contributed by atoms with Crippen LogP contribution in [-0.4, -0.2) is 50.1 Å². The Morgan fingerprint density at radius 2 is 1.52 bits per heavy atom. The fraction of sp³-hybridized carbons (Fsp3) is 0.318. The molecule has 0 saturated carbocycles. The van der Waals surface area contributed by atoms with Crippen LogP contribution in [0.5, 0.6) is 0 Å². The highest BCUT2D eigenvalue weighted by Gasteiger charge is 2.27. The molecule has 1 amide bonds. The van der Waals surface area contributed by atoms with E-state index in [0.717, 1.165) is 18.4 Å². The zero-order valence-corrected chi connectivity index (χ0v) is 18.0. The summed E-state index contributed by atoms with van der Waals surface area (Å²) in [6, 6.07) is 12.1. The van der Waals surface area contributed by atoms with Crippen molar-refractivity contribution in [2.45, 2.75) is 31.2 Å². The Morgan fingerprint density at radius 3 is 2.10 bits per heavy atom. The van der Waals surface area contributed by atoms with Gasteiger partial charge >= 0.3 is 5.97 Å². The zero-order valence-electron chi connectivity index (χ0n) is 17.2. The highest BCUT2D eigenvalue weighted by atomic mass is 32.2. The molecule has 1 fully saturated rings. The summed E-state index contributed by atoms with van der Waals surface area (Å²) in [7, 11) is -3.54. The summed E-state index contributed by atoms with van der Waals surface area (Å²) >= 11 is 0. The van der Waals surface area contributed by atoms with E-state index >= 15 is 0 Å². The van der Waals surface area contributed by atoms with Gasteiger partial charge in [0.1, 0.15) is 0 Å². The topological polar surface area (TPSA) is 110 Å². The van der Waals surface area contributed by atoms with Crippen LogP contribution in [0.15, 0.2) is 53.4 Å². The quantitative estimate of drug-likeness (QED) is 0.494. The van der Waals surface area contributed by atoms with Crippen molar-refractivity contribution in [3.8, 4) is 0 Å². The first-order chi connectivity index (χ1) is 14.8. The van der Waals surface area contributed by atoms with Crippen molar-refractivity contribution in [1.29, 1.82) is 0 Å². The Kier molecular flexibility index (Phi) is 7.19. The number of nitrogens with one attached hydrogen (secondary N) is 1. The number of carbonyl (C=O) groups excluding carboxylic acids is 3. The number of hydrogen-bond acceptors (Lipinski definition) is 6. The van der Waals surface area contributed by atoms with Gasteiger partial charge in [-0.1, -0.05) is 12.1 Å². The molecule has 1 saturated heterocycles. The van der Waals surface area contributed by atoms with Gasteiger partial charge in [-0.3, -0.25) is 9.59 Å². The van der Waals surface area contributed by atoms with Crippen LogP contribution in [0.1, 0.15) is 46.0 Å². The van der Waals surface area contributed by atoms with Crippen LogP contribution in [0.2, 0.25) is 0 Å². The molecule has 31 heavy (non-hydrogen) atoms. The largest absolute Gasteiger partial charge is 0.454 e. The fourth-order valence-corrected chi connectivity index (χ4v) is 4.69. The lowest BCUT2D eigenvalue weighted by molar-refractivity contribution is -0.119. The van der Waals surface area contributed by atoms with E-state index < -0.39 is 28.4 Å². The van der Waals surface area contributed by atoms with Gasteiger partial charge in [-0.2, -0.15) is 4.31 Å². The first-order valence-electron chi connectivity index (χ1n) is 9.91. The number of ketones is 1. The number of esters is 1. The Morgan fingerprint density at radius 1 is 0.935 bits per heavy atom. The van der Waals surface area contributed by atoms with Crippen molar-refractivity contribution in [2.75, 3.05) is 19.7 Å². The number of ether oxygens (including phenoxy) is 1. The second-order valence-electron chi connectivity index (χ2n) is 7.24. The molecule has 2 aromatic rings. The summed E-state index contributed by atoms with van der Waals surface area (Å²) in [5.41, 5.74) is 1.37. The Hall–Kier alpha value is -3.04. The lowest BCUT2D eigenvalue weighted by Gasteiger charge is -2.15. The van der Waals surface area contributed by atoms with Gasteiger partial charge in [0, 0.05) is 32.1 Å². The number of sulfonamides is 1. The molecule has 0 radical (unpaired) electrons. The Bertz CT molecular complexity index is 1060. The predicted octanol–water partition coefficient (Wildman–Crippen LogP) is 2.15. The maximum absolute atomic E-state index is 12.5. The van der Waals surface area contributed by atoms with E-state index in [-0.39, 0.29) is 21.9 Å². The highest BCUT2D eigenvalue weighted by molar-refractivity contribution is 7.89. The number of hydrogen-bond donors (Lipinski definition) is 1. The average molecular weight is 445 g/mol. The van der Waals surface area contributed by atoms with Gasteiger partial charge in [0.05, 0.1) is 10.5 Å². The predicted molar refractivity (Wildman–Crippen MR) is 113 cm³/mol. The third kappa shape index (κ3) is 5.77. The van der Waals surface area contributed by atoms with Gasteiger partial charge in [0.25, 0.3) is 0 Å². The normalized spacial score (nSPS) is 14.2. The smallest absolute Gasteiger partial charge is 0.338 e. The van der Waals surface area contributed by atoms with Gasteiger partial charge in [-0.25, -0.2) is 13.2 Å². The van der Waals surface area contributed by atoms with Crippen molar-refractivity contribution >= 4 is 27.7 Å². The number of Topliss-reactive ketones (excluding diaryl/α,β-unsaturated/α-hetero) is 1. The number of amides is 1. The summed E-state index contributed by atoms with van der Waals surface area (Å²) in [6.07, 6.45) is 1.69. The van der Waals surface area contributed by atoms with Crippen LogP contribution in [0.3, 0.4) is 0 Å². The van der Waals surface area contributed by atoms with Gasteiger partial charge in [-0.05, 0) is 54.8 Å². The summed E-state index contributed by atoms with van der Waals surface area (Å²) in [6.45, 7) is 2.33. The van der Waals surface area contributed by atoms with Crippen molar-refractivity contribution < 1.29 is 27.5 Å². The molecule has 0 spiro atoms. The molecule has 3 rings (SSSR count). The van der Waals surface area contributed by atoms with Crippen LogP contribution >= 0.6 is 0 Å². The monoisotopic (exact) mass is 444 g/mol. The van der Waals surface area contributed by atoms with E-state index in [9.17, 15) is 22.8 Å². The molecular formula is C22H24N2O6S. The molecule has 164 valence electrons. The van der Waals surface area contributed by atoms with E-state index in [2.05, 4.69) is 5.32 Å². The SMILES string of the molecule is CC(=O)NCc1ccc(C(=O)OCC(=O)c2ccc(S(=O)(=O)N3CCCC3)cc2)cc1. The lowest BCUT2D eigenvalue weighted by Crippen LogP contribution is -2.27. The fourth-order valence-electron chi connectivity index (χ4n) is 3.17. The Labute approximate surface area is 181 Å². The minimum atomic E-state index is -3.54. The van der Waals surface area contributed by atoms with Crippen molar-refractivity contribution in [3.05, 3.63) is 65.2 Å². The minimum Gasteiger partial charge on any atom is -0.454 e. The minimum absolute atomic E-state index is 0.141. The molecule has 1 aliphatic rings. The number of carbonyl (C=O) groups is 3. The second kappa shape index (κ2) is 9.84. The molecule has 2 aromatic carbocycles. The Balaban J connectivity index is 1.55. The number of benzene rings is 2. The number of rotatable bonds is 8. The maximum atomic E-state index is 12.5. The average Bonchev–Trinajstić information content (AvgIpc) is 3.32. The molecule has 1 aliphatic heterocycles. The van der Waals surface area contributed by atoms with Crippen LogP contribution in [0.25, 0.3) is 0 Å². The molecule has 0 atom stereocenters. The summed E-state index contributed by atoms with van der Waals surface area (Å²) in [5.74, 6) is -1.22. The number of nitrogens with zero attached hydrogens (tertiary/aromatic N) is 1. The first-order valence-corrected chi connectivity index (χ1v) is 11.4. The summed E-state index contributed by atoms with van der Waals surface area (Å²) in [5, 5.41) is 2.66. The third-order valence-corrected chi connectivity index (χ3v) is 6.86. The molecule has 1 N–H and O–H groups in total. The molecule has 9 heteroatoms. The van der Waals surface area contributed by atoms with Crippen LogP contribution in [0, 0.1) is 0 Å². The van der Waals surface area contributed by atoms with E-state index in [4.69, 9.17) is 4.74 Å². The maximum Gasteiger partial charge on any atom is 0.338 e. The standard InChI is InChI=1S/C22H24N2O6S/c1-16(25)23-14-17-4-6-19(7-5-17)22(27)30-15-21(26)18-8-10-20(11-9-18)31(28,29)24-12-2-3-13-24/h4-11H,2-3,12-15H2,1H3,(H,23,25). The molecule has 0 aliphatic carbocycles. The van der Waals surface area contributed by atoms with E-state index in [1.54, 1.807) is 24.3 Å². The molecular weight excluding hydrogens is 420 g/mol. The van der Waals surface area contributed by atoms with Gasteiger partial charge in [0.15, 0.2) is 12.4 Å². The van der Waals surface area contributed by atoms with E-state index in [1.165, 1.54) is 35.5 Å². The van der Waals surface area contributed by atoms with Crippen LogP contribution in [0.4, 0.5) is 0 Å². The van der Waals surface area contributed by atoms with Crippen LogP contribution in [-0.2, 0) is 26.1 Å². The molecule has 0 unspecified atom stereocenters. The summed E-state index contributed by atoms with van der Waals surface area (Å²) < 4.78 is 31.6. The van der Waals surface area contributed by atoms with Gasteiger partial charge < -0.3 is 10.1 Å². The van der Waals surface area contributed by atoms with Gasteiger partial charge in [-0.15, -0.1) is 0 Å². The highest BCUT2D eigenvalue weighted by Crippen LogP contribution is 2.21. The molecule has 0 aromatic heterocycles. The van der Waals surface area contributed by atoms with E-state index in [1.807, 2.05) is 0 Å².